The summed E-state index contributed by atoms with van der Waals surface area (Å²) in [6.07, 6.45) is 5.11. The number of rotatable bonds is 4. The van der Waals surface area contributed by atoms with E-state index in [0.29, 0.717) is 12.3 Å². The Morgan fingerprint density at radius 1 is 1.03 bits per heavy atom. The molecule has 0 spiro atoms. The van der Waals surface area contributed by atoms with Crippen LogP contribution in [-0.4, -0.2) is 44.7 Å². The van der Waals surface area contributed by atoms with E-state index in [9.17, 15) is 25.2 Å². The molecule has 0 bridgehead atoms. The van der Waals surface area contributed by atoms with Gasteiger partial charge in [0.15, 0.2) is 0 Å². The molecule has 0 radical (unpaired) electrons. The first-order valence-corrected chi connectivity index (χ1v) is 12.3. The molecular weight excluding hydrogens is 380 g/mol. The van der Waals surface area contributed by atoms with Crippen LogP contribution in [0.1, 0.15) is 79.1 Å². The molecule has 172 valence electrons. The molecule has 4 N–H and O–H groups in total. The molecule has 0 heterocycles. The standard InChI is InChI=1S/C25H42O5/c1-5-15-18-11-14(26)8-9-24(18,3)19-12-20(27)25(4)16(13(2)10-21(28)29)6-7-17(25)22(19)23(15)30/h13-20,22-23,26-27,30H,5-12H2,1-4H3,(H,28,29)/t13-,14-,15-,16-,17+,18+,19+,20+,22+,23-,24+,25-/m1/s1. The molecule has 0 aromatic carbocycles. The topological polar surface area (TPSA) is 98.0 Å². The van der Waals surface area contributed by atoms with Gasteiger partial charge in [-0.05, 0) is 90.8 Å². The zero-order valence-electron chi connectivity index (χ0n) is 19.1. The fourth-order valence-corrected chi connectivity index (χ4v) is 9.31. The second-order valence-electron chi connectivity index (χ2n) is 11.8. The Morgan fingerprint density at radius 3 is 2.37 bits per heavy atom. The van der Waals surface area contributed by atoms with Crippen molar-refractivity contribution in [1.29, 1.82) is 0 Å². The fourth-order valence-electron chi connectivity index (χ4n) is 9.31. The molecule has 0 unspecified atom stereocenters. The second kappa shape index (κ2) is 7.74. The zero-order chi connectivity index (χ0) is 22.0. The summed E-state index contributed by atoms with van der Waals surface area (Å²) in [6, 6.07) is 0. The molecule has 0 aromatic rings. The minimum absolute atomic E-state index is 0.0274. The molecule has 30 heavy (non-hydrogen) atoms. The van der Waals surface area contributed by atoms with Crippen molar-refractivity contribution in [2.24, 2.45) is 52.3 Å². The van der Waals surface area contributed by atoms with Crippen LogP contribution in [-0.2, 0) is 4.79 Å². The van der Waals surface area contributed by atoms with E-state index in [2.05, 4.69) is 20.8 Å². The van der Waals surface area contributed by atoms with E-state index in [-0.39, 0.29) is 58.9 Å². The first-order chi connectivity index (χ1) is 14.1. The van der Waals surface area contributed by atoms with Crippen molar-refractivity contribution < 1.29 is 25.2 Å². The summed E-state index contributed by atoms with van der Waals surface area (Å²) in [4.78, 5) is 11.4. The molecule has 4 saturated carbocycles. The Morgan fingerprint density at radius 2 is 1.73 bits per heavy atom. The predicted octanol–water partition coefficient (Wildman–Crippen LogP) is 3.69. The van der Waals surface area contributed by atoms with Gasteiger partial charge in [0.05, 0.1) is 18.3 Å². The minimum Gasteiger partial charge on any atom is -0.481 e. The van der Waals surface area contributed by atoms with Crippen LogP contribution in [0.3, 0.4) is 0 Å². The van der Waals surface area contributed by atoms with Crippen LogP contribution >= 0.6 is 0 Å². The molecule has 5 nitrogen and oxygen atoms in total. The van der Waals surface area contributed by atoms with Crippen LogP contribution in [0.15, 0.2) is 0 Å². The van der Waals surface area contributed by atoms with Crippen molar-refractivity contribution in [3.8, 4) is 0 Å². The molecule has 0 saturated heterocycles. The lowest BCUT2D eigenvalue weighted by Gasteiger charge is -2.65. The number of carbonyl (C=O) groups is 1. The van der Waals surface area contributed by atoms with E-state index in [1.165, 1.54) is 0 Å². The third kappa shape index (κ3) is 3.09. The molecule has 4 aliphatic carbocycles. The quantitative estimate of drug-likeness (QED) is 0.554. The van der Waals surface area contributed by atoms with Gasteiger partial charge in [0, 0.05) is 6.42 Å². The van der Waals surface area contributed by atoms with Crippen molar-refractivity contribution in [3.05, 3.63) is 0 Å². The van der Waals surface area contributed by atoms with Gasteiger partial charge >= 0.3 is 5.97 Å². The van der Waals surface area contributed by atoms with Crippen molar-refractivity contribution in [2.75, 3.05) is 0 Å². The van der Waals surface area contributed by atoms with Crippen molar-refractivity contribution in [1.82, 2.24) is 0 Å². The second-order valence-corrected chi connectivity index (χ2v) is 11.8. The molecule has 5 heteroatoms. The SMILES string of the molecule is CC[C@H]1[C@@H](O)[C@@H]2[C@H](C[C@H](O)[C@]3(C)[C@@H]([C@H](C)CC(=O)O)CC[C@@H]23)[C@@]2(C)CC[C@@H](O)C[C@@H]12. The van der Waals surface area contributed by atoms with Gasteiger partial charge in [0.25, 0.3) is 0 Å². The molecule has 0 aromatic heterocycles. The van der Waals surface area contributed by atoms with Crippen LogP contribution in [0.4, 0.5) is 0 Å². The van der Waals surface area contributed by atoms with Crippen LogP contribution < -0.4 is 0 Å². The van der Waals surface area contributed by atoms with Crippen LogP contribution in [0.2, 0.25) is 0 Å². The normalized spacial score (nSPS) is 54.0. The summed E-state index contributed by atoms with van der Waals surface area (Å²) >= 11 is 0. The average Bonchev–Trinajstić information content (AvgIpc) is 3.02. The summed E-state index contributed by atoms with van der Waals surface area (Å²) in [6.45, 7) is 8.74. The lowest BCUT2D eigenvalue weighted by Crippen LogP contribution is -2.65. The number of carboxylic acids is 1. The van der Waals surface area contributed by atoms with Gasteiger partial charge < -0.3 is 20.4 Å². The average molecular weight is 423 g/mol. The summed E-state index contributed by atoms with van der Waals surface area (Å²) in [5.74, 6) is 0.624. The molecular formula is C25H42O5. The molecule has 4 fully saturated rings. The fraction of sp³-hybridized carbons (Fsp3) is 0.960. The first kappa shape index (κ1) is 22.5. The Hall–Kier alpha value is -0.650. The largest absolute Gasteiger partial charge is 0.481 e. The van der Waals surface area contributed by atoms with Gasteiger partial charge in [0.2, 0.25) is 0 Å². The summed E-state index contributed by atoms with van der Waals surface area (Å²) in [5.41, 5.74) is -0.274. The first-order valence-electron chi connectivity index (χ1n) is 12.3. The molecule has 4 rings (SSSR count). The van der Waals surface area contributed by atoms with Gasteiger partial charge in [-0.2, -0.15) is 0 Å². The van der Waals surface area contributed by atoms with E-state index >= 15 is 0 Å². The number of aliphatic hydroxyl groups excluding tert-OH is 3. The van der Waals surface area contributed by atoms with E-state index in [0.717, 1.165) is 38.5 Å². The Balaban J connectivity index is 1.70. The zero-order valence-corrected chi connectivity index (χ0v) is 19.1. The number of hydrogen-bond donors (Lipinski definition) is 4. The maximum atomic E-state index is 11.7. The van der Waals surface area contributed by atoms with E-state index in [1.54, 1.807) is 0 Å². The van der Waals surface area contributed by atoms with Gasteiger partial charge in [-0.15, -0.1) is 0 Å². The Labute approximate surface area is 181 Å². The highest BCUT2D eigenvalue weighted by Crippen LogP contribution is 2.69. The monoisotopic (exact) mass is 422 g/mol. The van der Waals surface area contributed by atoms with Gasteiger partial charge in [0.1, 0.15) is 0 Å². The summed E-state index contributed by atoms with van der Waals surface area (Å²) in [5, 5.41) is 42.9. The predicted molar refractivity (Wildman–Crippen MR) is 115 cm³/mol. The summed E-state index contributed by atoms with van der Waals surface area (Å²) < 4.78 is 0. The lowest BCUT2D eigenvalue weighted by molar-refractivity contribution is -0.228. The van der Waals surface area contributed by atoms with Gasteiger partial charge in [-0.25, -0.2) is 0 Å². The Kier molecular flexibility index (Phi) is 5.81. The van der Waals surface area contributed by atoms with Crippen LogP contribution in [0.25, 0.3) is 0 Å². The van der Waals surface area contributed by atoms with Crippen LogP contribution in [0.5, 0.6) is 0 Å². The lowest BCUT2D eigenvalue weighted by atomic mass is 9.41. The van der Waals surface area contributed by atoms with Gasteiger partial charge in [-0.3, -0.25) is 4.79 Å². The van der Waals surface area contributed by atoms with Gasteiger partial charge in [-0.1, -0.05) is 34.1 Å². The number of hydrogen-bond acceptors (Lipinski definition) is 4. The number of fused-ring (bicyclic) bond motifs is 5. The van der Waals surface area contributed by atoms with E-state index in [4.69, 9.17) is 0 Å². The maximum absolute atomic E-state index is 11.7. The highest BCUT2D eigenvalue weighted by molar-refractivity contribution is 5.67. The maximum Gasteiger partial charge on any atom is 0.303 e. The van der Waals surface area contributed by atoms with E-state index in [1.807, 2.05) is 6.92 Å². The highest BCUT2D eigenvalue weighted by atomic mass is 16.4. The van der Waals surface area contributed by atoms with Crippen molar-refractivity contribution in [2.45, 2.75) is 97.4 Å². The molecule has 4 aliphatic rings. The minimum atomic E-state index is -0.766. The summed E-state index contributed by atoms with van der Waals surface area (Å²) in [7, 11) is 0. The van der Waals surface area contributed by atoms with Crippen LogP contribution in [0, 0.1) is 52.3 Å². The van der Waals surface area contributed by atoms with E-state index < -0.39 is 18.2 Å². The van der Waals surface area contributed by atoms with Crippen molar-refractivity contribution >= 4 is 5.97 Å². The highest BCUT2D eigenvalue weighted by Gasteiger charge is 2.67. The number of carboxylic acid groups (broad SMARTS) is 1. The molecule has 0 aliphatic heterocycles. The number of aliphatic hydroxyl groups is 3. The molecule has 12 atom stereocenters. The van der Waals surface area contributed by atoms with Crippen molar-refractivity contribution in [3.63, 3.8) is 0 Å². The third-order valence-corrected chi connectivity index (χ3v) is 10.8. The number of aliphatic carboxylic acids is 1. The third-order valence-electron chi connectivity index (χ3n) is 10.8. The Bertz CT molecular complexity index is 666. The smallest absolute Gasteiger partial charge is 0.303 e. The molecule has 0 amide bonds.